The fraction of sp³-hybridized carbons (Fsp3) is 0.185. The van der Waals surface area contributed by atoms with Gasteiger partial charge in [-0.2, -0.15) is 0 Å². The molecule has 0 aliphatic rings. The van der Waals surface area contributed by atoms with E-state index in [-0.39, 0.29) is 18.3 Å². The topological polar surface area (TPSA) is 60.9 Å². The third-order valence-electron chi connectivity index (χ3n) is 5.62. The van der Waals surface area contributed by atoms with Crippen molar-refractivity contribution in [2.24, 2.45) is 0 Å². The molecule has 7 heteroatoms. The molecule has 1 amide bonds. The molecule has 4 rings (SSSR count). The van der Waals surface area contributed by atoms with E-state index in [1.165, 1.54) is 18.1 Å². The van der Waals surface area contributed by atoms with Crippen molar-refractivity contribution in [3.8, 4) is 28.5 Å². The van der Waals surface area contributed by atoms with Crippen LogP contribution < -0.4 is 14.2 Å². The van der Waals surface area contributed by atoms with Gasteiger partial charge in [0.05, 0.1) is 38.1 Å². The van der Waals surface area contributed by atoms with Crippen LogP contribution in [0.25, 0.3) is 22.2 Å². The van der Waals surface area contributed by atoms with Gasteiger partial charge in [-0.3, -0.25) is 4.79 Å². The first-order valence-corrected chi connectivity index (χ1v) is 10.7. The lowest BCUT2D eigenvalue weighted by atomic mass is 10.0. The molecule has 0 saturated heterocycles. The standard InChI is InChI=1S/C27H25FN2O4/c1-30(16-17-9-5-7-11-21(17)28)27(31)20-15-23(29-22-12-8-6-10-19(20)22)18-13-24(32-2)26(34-4)25(14-18)33-3/h5-15H,16H2,1-4H3. The van der Waals surface area contributed by atoms with Gasteiger partial charge in [0.2, 0.25) is 5.75 Å². The lowest BCUT2D eigenvalue weighted by Gasteiger charge is -2.20. The smallest absolute Gasteiger partial charge is 0.254 e. The average molecular weight is 461 g/mol. The molecular formula is C27H25FN2O4. The number of benzene rings is 3. The summed E-state index contributed by atoms with van der Waals surface area (Å²) in [5.74, 6) is 0.846. The predicted octanol–water partition coefficient (Wildman–Crippen LogP) is 5.34. The number of ether oxygens (including phenoxy) is 3. The van der Waals surface area contributed by atoms with Crippen molar-refractivity contribution in [2.75, 3.05) is 28.4 Å². The van der Waals surface area contributed by atoms with Crippen molar-refractivity contribution in [3.63, 3.8) is 0 Å². The van der Waals surface area contributed by atoms with Gasteiger partial charge in [0.15, 0.2) is 11.5 Å². The number of amides is 1. The SMILES string of the molecule is COc1cc(-c2cc(C(=O)N(C)Cc3ccccc3F)c3ccccc3n2)cc(OC)c1OC. The number of pyridine rings is 1. The largest absolute Gasteiger partial charge is 0.493 e. The molecule has 0 fully saturated rings. The molecule has 0 aliphatic heterocycles. The van der Waals surface area contributed by atoms with Crippen LogP contribution in [0.15, 0.2) is 66.7 Å². The van der Waals surface area contributed by atoms with E-state index in [4.69, 9.17) is 19.2 Å². The zero-order valence-corrected chi connectivity index (χ0v) is 19.5. The van der Waals surface area contributed by atoms with Crippen molar-refractivity contribution in [2.45, 2.75) is 6.54 Å². The van der Waals surface area contributed by atoms with Gasteiger partial charge in [-0.05, 0) is 30.3 Å². The van der Waals surface area contributed by atoms with Gasteiger partial charge < -0.3 is 19.1 Å². The van der Waals surface area contributed by atoms with Gasteiger partial charge >= 0.3 is 0 Å². The van der Waals surface area contributed by atoms with E-state index in [0.29, 0.717) is 50.5 Å². The van der Waals surface area contributed by atoms with Crippen molar-refractivity contribution in [1.29, 1.82) is 0 Å². The Morgan fingerprint density at radius 3 is 2.21 bits per heavy atom. The third kappa shape index (κ3) is 4.37. The van der Waals surface area contributed by atoms with Crippen LogP contribution in [-0.4, -0.2) is 44.2 Å². The number of para-hydroxylation sites is 1. The van der Waals surface area contributed by atoms with Crippen LogP contribution in [-0.2, 0) is 6.54 Å². The molecule has 0 radical (unpaired) electrons. The minimum absolute atomic E-state index is 0.141. The molecule has 0 aliphatic carbocycles. The Labute approximate surface area is 197 Å². The van der Waals surface area contributed by atoms with Gasteiger partial charge in [-0.25, -0.2) is 9.37 Å². The van der Waals surface area contributed by atoms with E-state index in [9.17, 15) is 9.18 Å². The summed E-state index contributed by atoms with van der Waals surface area (Å²) in [6.07, 6.45) is 0. The molecule has 6 nitrogen and oxygen atoms in total. The molecule has 0 saturated carbocycles. The molecule has 0 atom stereocenters. The van der Waals surface area contributed by atoms with E-state index in [0.717, 1.165) is 0 Å². The maximum Gasteiger partial charge on any atom is 0.254 e. The summed E-state index contributed by atoms with van der Waals surface area (Å²) in [6, 6.07) is 19.2. The summed E-state index contributed by atoms with van der Waals surface area (Å²) >= 11 is 0. The Kier molecular flexibility index (Phi) is 6.63. The number of fused-ring (bicyclic) bond motifs is 1. The Bertz CT molecular complexity index is 1330. The first-order chi connectivity index (χ1) is 16.5. The number of aromatic nitrogens is 1. The fourth-order valence-electron chi connectivity index (χ4n) is 3.89. The molecule has 174 valence electrons. The highest BCUT2D eigenvalue weighted by Gasteiger charge is 2.20. The molecular weight excluding hydrogens is 435 g/mol. The molecule has 3 aromatic carbocycles. The molecule has 1 aromatic heterocycles. The van der Waals surface area contributed by atoms with Gasteiger partial charge in [0.1, 0.15) is 5.82 Å². The van der Waals surface area contributed by atoms with Crippen LogP contribution in [0.2, 0.25) is 0 Å². The summed E-state index contributed by atoms with van der Waals surface area (Å²) in [7, 11) is 6.28. The van der Waals surface area contributed by atoms with E-state index < -0.39 is 0 Å². The summed E-state index contributed by atoms with van der Waals surface area (Å²) in [5.41, 5.74) is 2.85. The van der Waals surface area contributed by atoms with Crippen molar-refractivity contribution < 1.29 is 23.4 Å². The average Bonchev–Trinajstić information content (AvgIpc) is 2.87. The summed E-state index contributed by atoms with van der Waals surface area (Å²) < 4.78 is 30.6. The normalized spacial score (nSPS) is 10.7. The van der Waals surface area contributed by atoms with Crippen LogP contribution >= 0.6 is 0 Å². The van der Waals surface area contributed by atoms with Crippen LogP contribution in [0.4, 0.5) is 4.39 Å². The highest BCUT2D eigenvalue weighted by atomic mass is 19.1. The van der Waals surface area contributed by atoms with Crippen molar-refractivity contribution in [3.05, 3.63) is 83.7 Å². The third-order valence-corrected chi connectivity index (χ3v) is 5.62. The number of nitrogens with zero attached hydrogens (tertiary/aromatic N) is 2. The van der Waals surface area contributed by atoms with Crippen LogP contribution in [0.5, 0.6) is 17.2 Å². The lowest BCUT2D eigenvalue weighted by Crippen LogP contribution is -2.27. The van der Waals surface area contributed by atoms with Crippen LogP contribution in [0.3, 0.4) is 0 Å². The van der Waals surface area contributed by atoms with Crippen molar-refractivity contribution in [1.82, 2.24) is 9.88 Å². The molecule has 4 aromatic rings. The minimum Gasteiger partial charge on any atom is -0.493 e. The Hall–Kier alpha value is -4.13. The molecule has 0 N–H and O–H groups in total. The number of halogens is 1. The highest BCUT2D eigenvalue weighted by Crippen LogP contribution is 2.41. The van der Waals surface area contributed by atoms with E-state index in [1.54, 1.807) is 57.7 Å². The van der Waals surface area contributed by atoms with E-state index in [2.05, 4.69) is 0 Å². The van der Waals surface area contributed by atoms with Crippen LogP contribution in [0, 0.1) is 5.82 Å². The minimum atomic E-state index is -0.347. The quantitative estimate of drug-likeness (QED) is 0.373. The van der Waals surface area contributed by atoms with E-state index in [1.807, 2.05) is 24.3 Å². The number of hydrogen-bond acceptors (Lipinski definition) is 5. The number of carbonyl (C=O) groups is 1. The fourth-order valence-corrected chi connectivity index (χ4v) is 3.89. The van der Waals surface area contributed by atoms with Crippen molar-refractivity contribution >= 4 is 16.8 Å². The summed E-state index contributed by atoms with van der Waals surface area (Å²) in [5, 5.41) is 0.712. The molecule has 34 heavy (non-hydrogen) atoms. The Balaban J connectivity index is 1.82. The summed E-state index contributed by atoms with van der Waals surface area (Å²) in [4.78, 5) is 19.8. The Morgan fingerprint density at radius 1 is 0.912 bits per heavy atom. The second-order valence-electron chi connectivity index (χ2n) is 7.74. The monoisotopic (exact) mass is 460 g/mol. The summed E-state index contributed by atoms with van der Waals surface area (Å²) in [6.45, 7) is 0.141. The number of rotatable bonds is 7. The second kappa shape index (κ2) is 9.79. The predicted molar refractivity (Wildman–Crippen MR) is 129 cm³/mol. The first-order valence-electron chi connectivity index (χ1n) is 10.7. The van der Waals surface area contributed by atoms with Gasteiger partial charge in [0.25, 0.3) is 5.91 Å². The first kappa shape index (κ1) is 23.0. The number of hydrogen-bond donors (Lipinski definition) is 0. The van der Waals surface area contributed by atoms with Gasteiger partial charge in [-0.1, -0.05) is 36.4 Å². The molecule has 0 spiro atoms. The van der Waals surface area contributed by atoms with Crippen LogP contribution in [0.1, 0.15) is 15.9 Å². The zero-order valence-electron chi connectivity index (χ0n) is 19.5. The number of carbonyl (C=O) groups excluding carboxylic acids is 1. The zero-order chi connectivity index (χ0) is 24.2. The lowest BCUT2D eigenvalue weighted by molar-refractivity contribution is 0.0786. The number of methoxy groups -OCH3 is 3. The second-order valence-corrected chi connectivity index (χ2v) is 7.74. The van der Waals surface area contributed by atoms with E-state index >= 15 is 0 Å². The van der Waals surface area contributed by atoms with Gasteiger partial charge in [-0.15, -0.1) is 0 Å². The molecule has 1 heterocycles. The molecule has 0 bridgehead atoms. The maximum absolute atomic E-state index is 14.2. The van der Waals surface area contributed by atoms with Gasteiger partial charge in [0, 0.05) is 30.1 Å². The maximum atomic E-state index is 14.2. The Morgan fingerprint density at radius 2 is 1.56 bits per heavy atom. The molecule has 0 unspecified atom stereocenters. The highest BCUT2D eigenvalue weighted by molar-refractivity contribution is 6.07.